The van der Waals surface area contributed by atoms with E-state index in [2.05, 4.69) is 21.0 Å². The molecule has 0 heterocycles. The van der Waals surface area contributed by atoms with E-state index in [4.69, 9.17) is 9.84 Å². The topological polar surface area (TPSA) is 29.5 Å². The fourth-order valence-electron chi connectivity index (χ4n) is 1.56. The third kappa shape index (κ3) is 12.2. The van der Waals surface area contributed by atoms with Gasteiger partial charge in [-0.05, 0) is 12.8 Å². The minimum absolute atomic E-state index is 0. The highest BCUT2D eigenvalue weighted by molar-refractivity contribution is 4.41. The van der Waals surface area contributed by atoms with Crippen LogP contribution < -0.4 is 12.4 Å². The highest BCUT2D eigenvalue weighted by Crippen LogP contribution is 2.05. The third-order valence-electron chi connectivity index (χ3n) is 2.69. The molecule has 0 aromatic carbocycles. The summed E-state index contributed by atoms with van der Waals surface area (Å²) in [5.41, 5.74) is 0. The normalized spacial score (nSPS) is 11.2. The lowest BCUT2D eigenvalue weighted by Gasteiger charge is -2.29. The molecule has 0 atom stereocenters. The molecular formula is C12H28ClNO2. The second-order valence-corrected chi connectivity index (χ2v) is 4.78. The van der Waals surface area contributed by atoms with Gasteiger partial charge in [-0.25, -0.2) is 0 Å². The van der Waals surface area contributed by atoms with Crippen LogP contribution in [0.3, 0.4) is 0 Å². The Morgan fingerprint density at radius 3 is 2.25 bits per heavy atom. The molecule has 1 N–H and O–H groups in total. The van der Waals surface area contributed by atoms with Crippen LogP contribution in [-0.2, 0) is 4.74 Å². The molecule has 0 radical (unpaired) electrons. The highest BCUT2D eigenvalue weighted by Gasteiger charge is 2.13. The van der Waals surface area contributed by atoms with E-state index in [0.29, 0.717) is 6.61 Å². The molecule has 0 aliphatic heterocycles. The Bertz CT molecular complexity index is 129. The summed E-state index contributed by atoms with van der Waals surface area (Å²) in [6.45, 7) is 5.85. The van der Waals surface area contributed by atoms with Gasteiger partial charge >= 0.3 is 0 Å². The number of likely N-dealkylation sites (N-methyl/N-ethyl adjacent to an activating group) is 1. The summed E-state index contributed by atoms with van der Waals surface area (Å²) >= 11 is 0. The summed E-state index contributed by atoms with van der Waals surface area (Å²) in [4.78, 5) is 0. The van der Waals surface area contributed by atoms with E-state index >= 15 is 0 Å². The second kappa shape index (κ2) is 11.6. The van der Waals surface area contributed by atoms with Crippen LogP contribution in [0, 0.1) is 0 Å². The summed E-state index contributed by atoms with van der Waals surface area (Å²) in [5.74, 6) is 0. The summed E-state index contributed by atoms with van der Waals surface area (Å²) in [6.07, 6.45) is 5.30. The van der Waals surface area contributed by atoms with Crippen molar-refractivity contribution < 1.29 is 26.7 Å². The Kier molecular flexibility index (Phi) is 13.5. The zero-order valence-electron chi connectivity index (χ0n) is 11.0. The van der Waals surface area contributed by atoms with Crippen LogP contribution in [0.25, 0.3) is 0 Å². The molecule has 0 saturated heterocycles. The van der Waals surface area contributed by atoms with E-state index in [-0.39, 0.29) is 19.0 Å². The monoisotopic (exact) mass is 253 g/mol. The van der Waals surface area contributed by atoms with Gasteiger partial charge < -0.3 is 26.7 Å². The molecule has 0 rings (SSSR count). The number of nitrogens with zero attached hydrogens (tertiary/aromatic N) is 1. The maximum Gasteiger partial charge on any atom is 0.102 e. The van der Waals surface area contributed by atoms with Crippen LogP contribution in [0.1, 0.15) is 32.6 Å². The lowest BCUT2D eigenvalue weighted by Crippen LogP contribution is -3.00. The van der Waals surface area contributed by atoms with Crippen LogP contribution in [-0.4, -0.2) is 56.6 Å². The number of halogens is 1. The van der Waals surface area contributed by atoms with Crippen LogP contribution in [0.4, 0.5) is 0 Å². The Hall–Kier alpha value is 0.170. The molecule has 0 bridgehead atoms. The maximum atomic E-state index is 8.57. The molecule has 0 aliphatic rings. The minimum Gasteiger partial charge on any atom is -1.00 e. The number of hydrogen-bond acceptors (Lipinski definition) is 2. The first-order valence-electron chi connectivity index (χ1n) is 6.13. The van der Waals surface area contributed by atoms with Gasteiger partial charge in [0.2, 0.25) is 0 Å². The lowest BCUT2D eigenvalue weighted by atomic mass is 10.2. The van der Waals surface area contributed by atoms with Crippen LogP contribution in [0.5, 0.6) is 0 Å². The van der Waals surface area contributed by atoms with Gasteiger partial charge in [-0.2, -0.15) is 0 Å². The van der Waals surface area contributed by atoms with Crippen molar-refractivity contribution in [1.82, 2.24) is 0 Å². The van der Waals surface area contributed by atoms with Gasteiger partial charge in [0.1, 0.15) is 6.54 Å². The Balaban J connectivity index is 0. The van der Waals surface area contributed by atoms with Gasteiger partial charge in [-0.3, -0.25) is 0 Å². The van der Waals surface area contributed by atoms with E-state index < -0.39 is 0 Å². The van der Waals surface area contributed by atoms with Crippen molar-refractivity contribution in [2.24, 2.45) is 0 Å². The fourth-order valence-corrected chi connectivity index (χ4v) is 1.56. The first-order valence-corrected chi connectivity index (χ1v) is 6.13. The largest absolute Gasteiger partial charge is 1.00 e. The highest BCUT2D eigenvalue weighted by atomic mass is 35.5. The zero-order valence-corrected chi connectivity index (χ0v) is 11.8. The fraction of sp³-hybridized carbons (Fsp3) is 1.00. The molecule has 0 amide bonds. The van der Waals surface area contributed by atoms with E-state index in [0.717, 1.165) is 17.6 Å². The van der Waals surface area contributed by atoms with E-state index in [1.54, 1.807) is 0 Å². The van der Waals surface area contributed by atoms with Gasteiger partial charge in [0, 0.05) is 0 Å². The van der Waals surface area contributed by atoms with Crippen molar-refractivity contribution >= 4 is 0 Å². The molecule has 0 aromatic rings. The van der Waals surface area contributed by atoms with Crippen LogP contribution >= 0.6 is 0 Å². The molecule has 0 aliphatic carbocycles. The summed E-state index contributed by atoms with van der Waals surface area (Å²) in [5, 5.41) is 8.57. The first kappa shape index (κ1) is 18.5. The van der Waals surface area contributed by atoms with Crippen LogP contribution in [0.2, 0.25) is 0 Å². The van der Waals surface area contributed by atoms with Gasteiger partial charge in [0.15, 0.2) is 0 Å². The second-order valence-electron chi connectivity index (χ2n) is 4.78. The van der Waals surface area contributed by atoms with Gasteiger partial charge in [-0.1, -0.05) is 19.8 Å². The lowest BCUT2D eigenvalue weighted by molar-refractivity contribution is -0.891. The number of aliphatic hydroxyl groups excluding tert-OH is 1. The molecule has 0 unspecified atom stereocenters. The van der Waals surface area contributed by atoms with E-state index in [9.17, 15) is 0 Å². The average molecular weight is 254 g/mol. The Morgan fingerprint density at radius 2 is 1.69 bits per heavy atom. The van der Waals surface area contributed by atoms with Crippen molar-refractivity contribution in [2.45, 2.75) is 32.6 Å². The standard InChI is InChI=1S/C12H28NO2.ClH/c1-4-5-6-7-8-13(2,3)9-11-15-12-10-14;/h14H,4-12H2,1-3H3;1H/q+1;/p-1. The summed E-state index contributed by atoms with van der Waals surface area (Å²) < 4.78 is 6.30. The Morgan fingerprint density at radius 1 is 1.00 bits per heavy atom. The predicted octanol–water partition coefficient (Wildman–Crippen LogP) is -1.34. The molecule has 0 spiro atoms. The SMILES string of the molecule is CCCCCC[N+](C)(C)CCOCCO.[Cl-]. The van der Waals surface area contributed by atoms with Crippen molar-refractivity contribution in [1.29, 1.82) is 0 Å². The zero-order chi connectivity index (χ0) is 11.6. The predicted molar refractivity (Wildman–Crippen MR) is 63.9 cm³/mol. The quantitative estimate of drug-likeness (QED) is 0.386. The number of rotatable bonds is 10. The van der Waals surface area contributed by atoms with Crippen molar-refractivity contribution in [3.63, 3.8) is 0 Å². The molecule has 0 aromatic heterocycles. The number of ether oxygens (including phenoxy) is 1. The van der Waals surface area contributed by atoms with Crippen molar-refractivity contribution in [2.75, 3.05) is 47.0 Å². The molecule has 3 nitrogen and oxygen atoms in total. The number of quaternary nitrogens is 1. The summed E-state index contributed by atoms with van der Waals surface area (Å²) in [7, 11) is 4.49. The minimum atomic E-state index is 0. The third-order valence-corrected chi connectivity index (χ3v) is 2.69. The van der Waals surface area contributed by atoms with E-state index in [1.165, 1.54) is 32.2 Å². The molecule has 4 heteroatoms. The molecule has 100 valence electrons. The number of hydrogen-bond donors (Lipinski definition) is 1. The smallest absolute Gasteiger partial charge is 0.102 e. The molecule has 0 saturated carbocycles. The maximum absolute atomic E-state index is 8.57. The average Bonchev–Trinajstić information content (AvgIpc) is 2.20. The van der Waals surface area contributed by atoms with Crippen molar-refractivity contribution in [3.8, 4) is 0 Å². The molecular weight excluding hydrogens is 226 g/mol. The Labute approximate surface area is 107 Å². The van der Waals surface area contributed by atoms with Crippen LogP contribution in [0.15, 0.2) is 0 Å². The van der Waals surface area contributed by atoms with Crippen molar-refractivity contribution in [3.05, 3.63) is 0 Å². The number of aliphatic hydroxyl groups is 1. The van der Waals surface area contributed by atoms with Gasteiger partial charge in [0.05, 0.1) is 40.5 Å². The van der Waals surface area contributed by atoms with Gasteiger partial charge in [0.25, 0.3) is 0 Å². The first-order chi connectivity index (χ1) is 7.12. The number of unbranched alkanes of at least 4 members (excludes halogenated alkanes) is 3. The van der Waals surface area contributed by atoms with Gasteiger partial charge in [-0.15, -0.1) is 0 Å². The molecule has 16 heavy (non-hydrogen) atoms. The van der Waals surface area contributed by atoms with E-state index in [1.807, 2.05) is 0 Å². The molecule has 0 fully saturated rings. The summed E-state index contributed by atoms with van der Waals surface area (Å²) in [6, 6.07) is 0.